The Hall–Kier alpha value is -2.86. The first-order chi connectivity index (χ1) is 12.3. The van der Waals surface area contributed by atoms with E-state index in [-0.39, 0.29) is 12.5 Å². The van der Waals surface area contributed by atoms with Crippen LogP contribution in [0.1, 0.15) is 12.5 Å². The van der Waals surface area contributed by atoms with E-state index >= 15 is 0 Å². The lowest BCUT2D eigenvalue weighted by Crippen LogP contribution is -2.43. The Morgan fingerprint density at radius 2 is 1.73 bits per heavy atom. The van der Waals surface area contributed by atoms with Crippen LogP contribution in [0.3, 0.4) is 0 Å². The monoisotopic (exact) mass is 371 g/mol. The Morgan fingerprint density at radius 3 is 2.38 bits per heavy atom. The molecule has 0 saturated carbocycles. The highest BCUT2D eigenvalue weighted by Crippen LogP contribution is 2.33. The molecule has 0 unspecified atom stereocenters. The number of carbonyl (C=O) groups is 3. The molecule has 4 amide bonds. The number of para-hydroxylation sites is 1. The molecule has 0 bridgehead atoms. The zero-order valence-electron chi connectivity index (χ0n) is 14.4. The van der Waals surface area contributed by atoms with E-state index in [4.69, 9.17) is 11.6 Å². The molecule has 0 aliphatic carbocycles. The lowest BCUT2D eigenvalue weighted by atomic mass is 9.92. The summed E-state index contributed by atoms with van der Waals surface area (Å²) in [6, 6.07) is 15.2. The second-order valence-corrected chi connectivity index (χ2v) is 6.62. The first kappa shape index (κ1) is 17.9. The first-order valence-electron chi connectivity index (χ1n) is 8.05. The third kappa shape index (κ3) is 3.04. The quantitative estimate of drug-likeness (QED) is 0.840. The van der Waals surface area contributed by atoms with E-state index in [0.29, 0.717) is 16.3 Å². The topological polar surface area (TPSA) is 69.7 Å². The van der Waals surface area contributed by atoms with Gasteiger partial charge in [-0.1, -0.05) is 48.0 Å². The number of halogens is 1. The molecule has 1 aliphatic rings. The fraction of sp³-hybridized carbons (Fsp3) is 0.211. The van der Waals surface area contributed by atoms with Gasteiger partial charge in [-0.05, 0) is 25.1 Å². The van der Waals surface area contributed by atoms with E-state index in [1.807, 2.05) is 6.07 Å². The Balaban J connectivity index is 1.82. The van der Waals surface area contributed by atoms with Gasteiger partial charge in [-0.15, -0.1) is 0 Å². The normalized spacial score (nSPS) is 19.4. The van der Waals surface area contributed by atoms with E-state index in [9.17, 15) is 14.4 Å². The second-order valence-electron chi connectivity index (χ2n) is 6.21. The number of amides is 4. The van der Waals surface area contributed by atoms with Gasteiger partial charge in [0.1, 0.15) is 12.1 Å². The molecule has 26 heavy (non-hydrogen) atoms. The maximum Gasteiger partial charge on any atom is 0.325 e. The SMILES string of the molecule is CN(C(=O)CN1C(=O)N[C@@](C)(c2ccccc2Cl)C1=O)c1ccccc1. The van der Waals surface area contributed by atoms with E-state index < -0.39 is 17.5 Å². The van der Waals surface area contributed by atoms with Crippen LogP contribution in [0.5, 0.6) is 0 Å². The lowest BCUT2D eigenvalue weighted by Gasteiger charge is -2.24. The van der Waals surface area contributed by atoms with Gasteiger partial charge in [0.2, 0.25) is 5.91 Å². The third-order valence-electron chi connectivity index (χ3n) is 4.50. The van der Waals surface area contributed by atoms with Gasteiger partial charge >= 0.3 is 6.03 Å². The highest BCUT2D eigenvalue weighted by molar-refractivity contribution is 6.32. The number of carbonyl (C=O) groups excluding carboxylic acids is 3. The Morgan fingerprint density at radius 1 is 1.12 bits per heavy atom. The van der Waals surface area contributed by atoms with Crippen LogP contribution in [0.15, 0.2) is 54.6 Å². The van der Waals surface area contributed by atoms with Crippen LogP contribution in [0.25, 0.3) is 0 Å². The summed E-state index contributed by atoms with van der Waals surface area (Å²) in [6.45, 7) is 1.23. The van der Waals surface area contributed by atoms with Crippen LogP contribution in [0.4, 0.5) is 10.5 Å². The summed E-state index contributed by atoms with van der Waals surface area (Å²) in [5, 5.41) is 3.03. The number of hydrogen-bond donors (Lipinski definition) is 1. The predicted octanol–water partition coefficient (Wildman–Crippen LogP) is 2.77. The van der Waals surface area contributed by atoms with Crippen molar-refractivity contribution >= 4 is 35.1 Å². The summed E-state index contributed by atoms with van der Waals surface area (Å²) in [5.41, 5.74) is -0.133. The zero-order valence-corrected chi connectivity index (χ0v) is 15.2. The van der Waals surface area contributed by atoms with Gasteiger partial charge in [0.05, 0.1) is 0 Å². The lowest BCUT2D eigenvalue weighted by molar-refractivity contribution is -0.134. The number of nitrogens with one attached hydrogen (secondary N) is 1. The van der Waals surface area contributed by atoms with Gasteiger partial charge < -0.3 is 10.2 Å². The maximum atomic E-state index is 12.9. The summed E-state index contributed by atoms with van der Waals surface area (Å²) < 4.78 is 0. The maximum absolute atomic E-state index is 12.9. The highest BCUT2D eigenvalue weighted by Gasteiger charge is 2.50. The molecule has 3 rings (SSSR count). The van der Waals surface area contributed by atoms with Crippen molar-refractivity contribution in [2.75, 3.05) is 18.5 Å². The summed E-state index contributed by atoms with van der Waals surface area (Å²) >= 11 is 6.19. The predicted molar refractivity (Wildman–Crippen MR) is 98.9 cm³/mol. The standard InChI is InChI=1S/C19H18ClN3O3/c1-19(14-10-6-7-11-15(14)20)17(25)23(18(26)21-19)12-16(24)22(2)13-8-4-3-5-9-13/h3-11H,12H2,1-2H3,(H,21,26)/t19-/m0/s1. The molecule has 6 nitrogen and oxygen atoms in total. The third-order valence-corrected chi connectivity index (χ3v) is 4.83. The summed E-state index contributed by atoms with van der Waals surface area (Å²) in [5.74, 6) is -0.881. The molecule has 1 fully saturated rings. The molecule has 0 aromatic heterocycles. The van der Waals surface area contributed by atoms with Crippen molar-refractivity contribution in [3.8, 4) is 0 Å². The number of urea groups is 1. The second kappa shape index (κ2) is 6.80. The first-order valence-corrected chi connectivity index (χ1v) is 8.43. The largest absolute Gasteiger partial charge is 0.325 e. The number of hydrogen-bond acceptors (Lipinski definition) is 3. The molecule has 1 heterocycles. The van der Waals surface area contributed by atoms with Gasteiger partial charge in [-0.3, -0.25) is 14.5 Å². The van der Waals surface area contributed by atoms with Crippen LogP contribution in [0.2, 0.25) is 5.02 Å². The van der Waals surface area contributed by atoms with Crippen molar-refractivity contribution in [2.45, 2.75) is 12.5 Å². The van der Waals surface area contributed by atoms with E-state index in [2.05, 4.69) is 5.32 Å². The van der Waals surface area contributed by atoms with Crippen molar-refractivity contribution in [3.05, 3.63) is 65.2 Å². The van der Waals surface area contributed by atoms with Crippen LogP contribution in [-0.4, -0.2) is 36.3 Å². The molecule has 0 spiro atoms. The number of anilines is 1. The van der Waals surface area contributed by atoms with Gasteiger partial charge in [-0.2, -0.15) is 0 Å². The van der Waals surface area contributed by atoms with Crippen molar-refractivity contribution in [2.24, 2.45) is 0 Å². The van der Waals surface area contributed by atoms with Gasteiger partial charge in [0.15, 0.2) is 0 Å². The van der Waals surface area contributed by atoms with Crippen LogP contribution < -0.4 is 10.2 Å². The minimum absolute atomic E-state index is 0.351. The average molecular weight is 372 g/mol. The molecule has 1 N–H and O–H groups in total. The molecule has 2 aromatic rings. The number of nitrogens with zero attached hydrogens (tertiary/aromatic N) is 2. The Labute approximate surface area is 156 Å². The van der Waals surface area contributed by atoms with Gasteiger partial charge in [0, 0.05) is 23.3 Å². The minimum atomic E-state index is -1.30. The van der Waals surface area contributed by atoms with Gasteiger partial charge in [-0.25, -0.2) is 4.79 Å². The average Bonchev–Trinajstić information content (AvgIpc) is 2.86. The molecule has 1 saturated heterocycles. The fourth-order valence-corrected chi connectivity index (χ4v) is 3.25. The van der Waals surface area contributed by atoms with E-state index in [1.54, 1.807) is 62.5 Å². The summed E-state index contributed by atoms with van der Waals surface area (Å²) in [4.78, 5) is 40.1. The molecule has 1 aliphatic heterocycles. The van der Waals surface area contributed by atoms with Crippen molar-refractivity contribution in [1.29, 1.82) is 0 Å². The van der Waals surface area contributed by atoms with Crippen LogP contribution in [-0.2, 0) is 15.1 Å². The molecular formula is C19H18ClN3O3. The van der Waals surface area contributed by atoms with Crippen molar-refractivity contribution in [1.82, 2.24) is 10.2 Å². The molecule has 7 heteroatoms. The van der Waals surface area contributed by atoms with Crippen molar-refractivity contribution in [3.63, 3.8) is 0 Å². The Kier molecular flexibility index (Phi) is 4.70. The van der Waals surface area contributed by atoms with E-state index in [1.165, 1.54) is 4.90 Å². The van der Waals surface area contributed by atoms with Gasteiger partial charge in [0.25, 0.3) is 5.91 Å². The summed E-state index contributed by atoms with van der Waals surface area (Å²) in [6.07, 6.45) is 0. The van der Waals surface area contributed by atoms with Crippen molar-refractivity contribution < 1.29 is 14.4 Å². The molecular weight excluding hydrogens is 354 g/mol. The summed E-state index contributed by atoms with van der Waals surface area (Å²) in [7, 11) is 1.60. The zero-order chi connectivity index (χ0) is 18.9. The van der Waals surface area contributed by atoms with Crippen LogP contribution >= 0.6 is 11.6 Å². The Bertz CT molecular complexity index is 871. The molecule has 134 valence electrons. The number of imide groups is 1. The molecule has 0 radical (unpaired) electrons. The number of rotatable bonds is 4. The minimum Gasteiger partial charge on any atom is -0.319 e. The van der Waals surface area contributed by atoms with Crippen LogP contribution in [0, 0.1) is 0 Å². The number of benzene rings is 2. The fourth-order valence-electron chi connectivity index (χ4n) is 2.93. The highest BCUT2D eigenvalue weighted by atomic mass is 35.5. The molecule has 2 aromatic carbocycles. The number of likely N-dealkylation sites (N-methyl/N-ethyl adjacent to an activating group) is 1. The van der Waals surface area contributed by atoms with E-state index in [0.717, 1.165) is 4.90 Å². The molecule has 1 atom stereocenters. The smallest absolute Gasteiger partial charge is 0.319 e.